The minimum Gasteiger partial charge on any atom is -0.468 e. The van der Waals surface area contributed by atoms with Gasteiger partial charge in [0, 0.05) is 0 Å². The van der Waals surface area contributed by atoms with Crippen molar-refractivity contribution in [3.05, 3.63) is 47.7 Å². The fourth-order valence-electron chi connectivity index (χ4n) is 1.88. The van der Waals surface area contributed by atoms with Crippen molar-refractivity contribution in [2.24, 2.45) is 9.98 Å². The van der Waals surface area contributed by atoms with E-state index in [0.717, 1.165) is 5.56 Å². The molecule has 0 aromatic heterocycles. The number of hydrogen-bond donors (Lipinski definition) is 0. The van der Waals surface area contributed by atoms with Crippen molar-refractivity contribution in [3.8, 4) is 0 Å². The largest absolute Gasteiger partial charge is 0.468 e. The Morgan fingerprint density at radius 3 is 2.55 bits per heavy atom. The van der Waals surface area contributed by atoms with Crippen LogP contribution in [0, 0.1) is 0 Å². The number of ether oxygens (including phenoxy) is 2. The van der Waals surface area contributed by atoms with E-state index in [1.54, 1.807) is 6.34 Å². The highest BCUT2D eigenvalue weighted by Crippen LogP contribution is 2.23. The fourth-order valence-corrected chi connectivity index (χ4v) is 2.09. The third kappa shape index (κ3) is 4.87. The molecule has 0 saturated heterocycles. The van der Waals surface area contributed by atoms with Crippen molar-refractivity contribution in [2.75, 3.05) is 5.52 Å². The molecule has 0 saturated carbocycles. The highest BCUT2D eigenvalue weighted by Gasteiger charge is 2.23. The molecular weight excluding hydrogens is 346 g/mol. The zero-order chi connectivity index (χ0) is 16.0. The number of hydrogen-bond acceptors (Lipinski definition) is 5. The monoisotopic (exact) mass is 365 g/mol. The number of halogens is 1. The van der Waals surface area contributed by atoms with Crippen LogP contribution in [0.25, 0.3) is 0 Å². The van der Waals surface area contributed by atoms with Crippen LogP contribution >= 0.6 is 15.9 Å². The predicted octanol–water partition coefficient (Wildman–Crippen LogP) is 3.87. The van der Waals surface area contributed by atoms with Gasteiger partial charge in [-0.25, -0.2) is 4.99 Å². The third-order valence-corrected chi connectivity index (χ3v) is 2.91. The van der Waals surface area contributed by atoms with Gasteiger partial charge >= 0.3 is 0 Å². The SMILES string of the molecule is CC(C)(C)OC1=C(OCBr)N(Cc2ccccc2)C=NC=N1. The number of alkyl halides is 1. The van der Waals surface area contributed by atoms with E-state index in [2.05, 4.69) is 38.0 Å². The van der Waals surface area contributed by atoms with Crippen LogP contribution < -0.4 is 0 Å². The maximum absolute atomic E-state index is 5.91. The molecule has 1 aliphatic heterocycles. The minimum absolute atomic E-state index is 0.341. The van der Waals surface area contributed by atoms with Gasteiger partial charge in [-0.15, -0.1) is 0 Å². The van der Waals surface area contributed by atoms with Crippen LogP contribution in [0.1, 0.15) is 26.3 Å². The molecule has 0 atom stereocenters. The summed E-state index contributed by atoms with van der Waals surface area (Å²) in [5.74, 6) is 0.952. The average Bonchev–Trinajstić information content (AvgIpc) is 2.63. The van der Waals surface area contributed by atoms with E-state index < -0.39 is 0 Å². The van der Waals surface area contributed by atoms with E-state index in [9.17, 15) is 0 Å². The summed E-state index contributed by atoms with van der Waals surface area (Å²) >= 11 is 3.30. The van der Waals surface area contributed by atoms with Gasteiger partial charge in [0.05, 0.1) is 12.9 Å². The summed E-state index contributed by atoms with van der Waals surface area (Å²) in [5, 5.41) is 0. The summed E-state index contributed by atoms with van der Waals surface area (Å²) in [5.41, 5.74) is 1.10. The van der Waals surface area contributed by atoms with Crippen LogP contribution in [0.4, 0.5) is 0 Å². The Labute approximate surface area is 139 Å². The second-order valence-corrected chi connectivity index (χ2v) is 6.16. The maximum atomic E-state index is 5.91. The first-order valence-corrected chi connectivity index (χ1v) is 8.10. The molecule has 1 heterocycles. The Balaban J connectivity index is 2.31. The van der Waals surface area contributed by atoms with Gasteiger partial charge in [-0.3, -0.25) is 4.90 Å². The van der Waals surface area contributed by atoms with E-state index in [-0.39, 0.29) is 5.60 Å². The summed E-state index contributed by atoms with van der Waals surface area (Å²) in [6, 6.07) is 10.1. The first-order chi connectivity index (χ1) is 10.5. The summed E-state index contributed by atoms with van der Waals surface area (Å²) in [6.07, 6.45) is 3.15. The fraction of sp³-hybridized carbons (Fsp3) is 0.375. The lowest BCUT2D eigenvalue weighted by Gasteiger charge is -2.26. The number of nitrogens with zero attached hydrogens (tertiary/aromatic N) is 3. The molecule has 2 rings (SSSR count). The normalized spacial score (nSPS) is 15.0. The number of aliphatic imine (C=N–C) groups is 2. The summed E-state index contributed by atoms with van der Waals surface area (Å²) < 4.78 is 11.6. The lowest BCUT2D eigenvalue weighted by Crippen LogP contribution is -2.26. The van der Waals surface area contributed by atoms with Gasteiger partial charge in [-0.2, -0.15) is 4.99 Å². The molecule has 0 fully saturated rings. The van der Waals surface area contributed by atoms with Crippen LogP contribution in [0.2, 0.25) is 0 Å². The van der Waals surface area contributed by atoms with Crippen LogP contribution in [0.5, 0.6) is 0 Å². The number of benzene rings is 1. The molecule has 118 valence electrons. The van der Waals surface area contributed by atoms with Crippen LogP contribution in [0.15, 0.2) is 52.1 Å². The van der Waals surface area contributed by atoms with Crippen LogP contribution in [-0.2, 0) is 16.0 Å². The molecule has 6 heteroatoms. The highest BCUT2D eigenvalue weighted by molar-refractivity contribution is 9.09. The second kappa shape index (κ2) is 7.45. The summed E-state index contributed by atoms with van der Waals surface area (Å²) in [6.45, 7) is 6.52. The lowest BCUT2D eigenvalue weighted by atomic mass is 10.2. The van der Waals surface area contributed by atoms with E-state index in [0.29, 0.717) is 23.8 Å². The predicted molar refractivity (Wildman–Crippen MR) is 91.7 cm³/mol. The Morgan fingerprint density at radius 2 is 1.91 bits per heavy atom. The lowest BCUT2D eigenvalue weighted by molar-refractivity contribution is 0.0304. The molecule has 0 N–H and O–H groups in total. The van der Waals surface area contributed by atoms with Gasteiger partial charge in [0.15, 0.2) is 0 Å². The van der Waals surface area contributed by atoms with Crippen molar-refractivity contribution in [2.45, 2.75) is 32.9 Å². The van der Waals surface area contributed by atoms with Gasteiger partial charge in [0.2, 0.25) is 0 Å². The molecule has 22 heavy (non-hydrogen) atoms. The van der Waals surface area contributed by atoms with Crippen molar-refractivity contribution in [1.82, 2.24) is 4.90 Å². The molecular formula is C16H20BrN3O2. The molecule has 1 aromatic carbocycles. The van der Waals surface area contributed by atoms with Crippen molar-refractivity contribution >= 4 is 28.6 Å². The zero-order valence-electron chi connectivity index (χ0n) is 13.0. The van der Waals surface area contributed by atoms with Gasteiger partial charge in [-0.05, 0) is 42.3 Å². The molecule has 5 nitrogen and oxygen atoms in total. The number of rotatable bonds is 5. The van der Waals surface area contributed by atoms with E-state index in [1.807, 2.05) is 43.9 Å². The third-order valence-electron chi connectivity index (χ3n) is 2.68. The smallest absolute Gasteiger partial charge is 0.278 e. The van der Waals surface area contributed by atoms with Gasteiger partial charge in [0.25, 0.3) is 11.8 Å². The molecule has 0 amide bonds. The van der Waals surface area contributed by atoms with E-state index in [4.69, 9.17) is 9.47 Å². The molecule has 0 unspecified atom stereocenters. The van der Waals surface area contributed by atoms with Crippen LogP contribution in [-0.4, -0.2) is 28.7 Å². The summed E-state index contributed by atoms with van der Waals surface area (Å²) in [4.78, 5) is 10.3. The first-order valence-electron chi connectivity index (χ1n) is 6.98. The Morgan fingerprint density at radius 1 is 1.18 bits per heavy atom. The van der Waals surface area contributed by atoms with Gasteiger partial charge in [0.1, 0.15) is 17.5 Å². The van der Waals surface area contributed by atoms with Gasteiger partial charge < -0.3 is 9.47 Å². The molecule has 1 aromatic rings. The topological polar surface area (TPSA) is 46.4 Å². The molecule has 0 bridgehead atoms. The minimum atomic E-state index is -0.379. The standard InChI is InChI=1S/C16H20BrN3O2/c1-16(2,3)22-14-15(21-10-17)20(12-18-11-19-14)9-13-7-5-4-6-8-13/h4-8,11-12H,9-10H2,1-3H3. The van der Waals surface area contributed by atoms with Crippen molar-refractivity contribution < 1.29 is 9.47 Å². The molecule has 0 radical (unpaired) electrons. The Hall–Kier alpha value is -1.82. The van der Waals surface area contributed by atoms with E-state index in [1.165, 1.54) is 6.34 Å². The van der Waals surface area contributed by atoms with Crippen molar-refractivity contribution in [3.63, 3.8) is 0 Å². The van der Waals surface area contributed by atoms with Gasteiger partial charge in [-0.1, -0.05) is 30.3 Å². The average molecular weight is 366 g/mol. The van der Waals surface area contributed by atoms with E-state index >= 15 is 0 Å². The molecule has 0 spiro atoms. The molecule has 1 aliphatic rings. The Bertz CT molecular complexity index is 577. The highest BCUT2D eigenvalue weighted by atomic mass is 79.9. The quantitative estimate of drug-likeness (QED) is 0.744. The van der Waals surface area contributed by atoms with Crippen LogP contribution in [0.3, 0.4) is 0 Å². The maximum Gasteiger partial charge on any atom is 0.278 e. The molecule has 0 aliphatic carbocycles. The Kier molecular flexibility index (Phi) is 5.60. The summed E-state index contributed by atoms with van der Waals surface area (Å²) in [7, 11) is 0. The van der Waals surface area contributed by atoms with Crippen molar-refractivity contribution in [1.29, 1.82) is 0 Å². The second-order valence-electron chi connectivity index (χ2n) is 5.70. The zero-order valence-corrected chi connectivity index (χ0v) is 14.6. The first kappa shape index (κ1) is 16.5.